The van der Waals surface area contributed by atoms with E-state index in [2.05, 4.69) is 0 Å². The second-order valence-electron chi connectivity index (χ2n) is 0.448. The Balaban J connectivity index is -0.0000000154. The molecule has 0 rings (SSSR count). The van der Waals surface area contributed by atoms with Gasteiger partial charge in [0.05, 0.1) is 0 Å². The molecule has 0 amide bonds. The first-order chi connectivity index (χ1) is 3.00. The molecule has 0 aliphatic carbocycles. The molecule has 0 aromatic carbocycles. The molecule has 0 aromatic rings. The van der Waals surface area contributed by atoms with Crippen molar-refractivity contribution in [2.75, 3.05) is 0 Å². The van der Waals surface area contributed by atoms with Crippen LogP contribution in [0.4, 0.5) is 0 Å². The van der Waals surface area contributed by atoms with Crippen molar-refractivity contribution in [3.05, 3.63) is 0 Å². The zero-order chi connectivity index (χ0) is 6.50. The van der Waals surface area contributed by atoms with Gasteiger partial charge in [-0.2, -0.15) is 8.42 Å². The van der Waals surface area contributed by atoms with Crippen molar-refractivity contribution in [3.63, 3.8) is 0 Å². The van der Waals surface area contributed by atoms with Crippen LogP contribution in [0, 0.1) is 0 Å². The van der Waals surface area contributed by atoms with Crippen molar-refractivity contribution in [3.8, 4) is 0 Å². The summed E-state index contributed by atoms with van der Waals surface area (Å²) in [7, 11) is -4.67. The summed E-state index contributed by atoms with van der Waals surface area (Å²) in [6.07, 6.45) is 0. The zero-order valence-electron chi connectivity index (χ0n) is 6.83. The molecule has 2 N–H and O–H groups in total. The van der Waals surface area contributed by atoms with E-state index < -0.39 is 10.4 Å². The number of hydrogen-bond donors (Lipinski definition) is 2. The normalized spacial score (nSPS) is 8.00. The van der Waals surface area contributed by atoms with Crippen molar-refractivity contribution >= 4 is 59.3 Å². The van der Waals surface area contributed by atoms with E-state index in [0.29, 0.717) is 0 Å². The Kier molecular flexibility index (Phi) is 17.1. The summed E-state index contributed by atoms with van der Waals surface area (Å²) in [5, 5.41) is 0. The summed E-state index contributed by atoms with van der Waals surface area (Å²) in [6.45, 7) is 4.00. The van der Waals surface area contributed by atoms with E-state index in [1.807, 2.05) is 13.8 Å². The smallest absolute Gasteiger partial charge is 1.00 e. The minimum Gasteiger partial charge on any atom is -1.00 e. The van der Waals surface area contributed by atoms with Crippen LogP contribution in [0.5, 0.6) is 0 Å². The molecule has 0 fully saturated rings. The van der Waals surface area contributed by atoms with Crippen LogP contribution < -0.4 is 0 Å². The summed E-state index contributed by atoms with van der Waals surface area (Å²) in [5.41, 5.74) is 0. The maximum absolute atomic E-state index is 8.74. The Hall–Kier alpha value is 1.44. The van der Waals surface area contributed by atoms with Crippen LogP contribution in [0.15, 0.2) is 0 Å². The molecule has 0 heterocycles. The minimum atomic E-state index is -4.67. The summed E-state index contributed by atoms with van der Waals surface area (Å²) in [4.78, 5) is 0. The number of hydrogen-bond acceptors (Lipinski definition) is 2. The third-order valence-electron chi connectivity index (χ3n) is 0. The summed E-state index contributed by atoms with van der Waals surface area (Å²) >= 11 is 0. The minimum absolute atomic E-state index is 0. The molecular weight excluding hydrogens is 257 g/mol. The van der Waals surface area contributed by atoms with Gasteiger partial charge >= 0.3 is 59.3 Å². The van der Waals surface area contributed by atoms with Gasteiger partial charge in [0, 0.05) is 0 Å². The van der Waals surface area contributed by atoms with Crippen LogP contribution in [0.3, 0.4) is 0 Å². The molecule has 0 radical (unpaired) electrons. The van der Waals surface area contributed by atoms with Gasteiger partial charge in [-0.05, 0) is 0 Å². The average molecular weight is 267 g/mol. The van der Waals surface area contributed by atoms with Gasteiger partial charge in [0.2, 0.25) is 0 Å². The zero-order valence-corrected chi connectivity index (χ0v) is 10.1. The second kappa shape index (κ2) is 8.44. The standard InChI is InChI=1S/C2H6.Ba.H2O4S.2H/c1-2;;1-5(2,3)4;;/h1-2H3;;(H2,1,2,3,4);;/q;+2;;2*-1. The molecule has 6 heteroatoms. The third kappa shape index (κ3) is 149. The van der Waals surface area contributed by atoms with E-state index in [9.17, 15) is 0 Å². The quantitative estimate of drug-likeness (QED) is 0.486. The molecule has 8 heavy (non-hydrogen) atoms. The van der Waals surface area contributed by atoms with Gasteiger partial charge in [-0.1, -0.05) is 13.8 Å². The average Bonchev–Trinajstić information content (AvgIpc) is 1.36. The molecule has 0 aromatic heterocycles. The SMILES string of the molecule is CC.O=S(=O)(O)O.[Ba+2].[H-].[H-]. The second-order valence-corrected chi connectivity index (χ2v) is 1.34. The predicted molar refractivity (Wildman–Crippen MR) is 33.5 cm³/mol. The molecule has 0 saturated heterocycles. The largest absolute Gasteiger partial charge is 2.00 e. The van der Waals surface area contributed by atoms with Crippen molar-refractivity contribution in [2.45, 2.75) is 13.8 Å². The third-order valence-corrected chi connectivity index (χ3v) is 0. The van der Waals surface area contributed by atoms with Gasteiger partial charge in [0.1, 0.15) is 0 Å². The molecule has 0 spiro atoms. The first-order valence-corrected chi connectivity index (χ1v) is 3.10. The van der Waals surface area contributed by atoms with Gasteiger partial charge in [-0.25, -0.2) is 0 Å². The fraction of sp³-hybridized carbons (Fsp3) is 1.00. The van der Waals surface area contributed by atoms with Crippen LogP contribution in [0.1, 0.15) is 16.7 Å². The van der Waals surface area contributed by atoms with E-state index in [1.165, 1.54) is 0 Å². The summed E-state index contributed by atoms with van der Waals surface area (Å²) < 4.78 is 31.6. The molecule has 0 saturated carbocycles. The Morgan fingerprint density at radius 3 is 1.25 bits per heavy atom. The Bertz CT molecular complexity index is 104. The van der Waals surface area contributed by atoms with Crippen molar-refractivity contribution < 1.29 is 20.4 Å². The summed E-state index contributed by atoms with van der Waals surface area (Å²) in [6, 6.07) is 0. The van der Waals surface area contributed by atoms with Gasteiger partial charge < -0.3 is 2.85 Å². The van der Waals surface area contributed by atoms with Crippen LogP contribution >= 0.6 is 0 Å². The van der Waals surface area contributed by atoms with Gasteiger partial charge in [0.25, 0.3) is 0 Å². The molecule has 4 nitrogen and oxygen atoms in total. The molecule has 50 valence electrons. The Morgan fingerprint density at radius 1 is 1.25 bits per heavy atom. The van der Waals surface area contributed by atoms with Crippen LogP contribution in [-0.2, 0) is 10.4 Å². The first kappa shape index (κ1) is 16.2. The molecule has 0 unspecified atom stereocenters. The first-order valence-electron chi connectivity index (χ1n) is 1.70. The van der Waals surface area contributed by atoms with Crippen LogP contribution in [0.2, 0.25) is 0 Å². The van der Waals surface area contributed by atoms with Gasteiger partial charge in [-0.3, -0.25) is 9.11 Å². The fourth-order valence-corrected chi connectivity index (χ4v) is 0. The number of rotatable bonds is 0. The Labute approximate surface area is 92.3 Å². The molecular formula is C2H10BaO4S. The maximum Gasteiger partial charge on any atom is 2.00 e. The predicted octanol–water partition coefficient (Wildman–Crippen LogP) is 0.218. The van der Waals surface area contributed by atoms with E-state index in [4.69, 9.17) is 17.5 Å². The Morgan fingerprint density at radius 2 is 1.25 bits per heavy atom. The monoisotopic (exact) mass is 268 g/mol. The molecule has 0 aliphatic heterocycles. The molecule has 0 bridgehead atoms. The summed E-state index contributed by atoms with van der Waals surface area (Å²) in [5.74, 6) is 0. The topological polar surface area (TPSA) is 74.6 Å². The van der Waals surface area contributed by atoms with Crippen molar-refractivity contribution in [1.29, 1.82) is 0 Å². The fourth-order valence-electron chi connectivity index (χ4n) is 0. The van der Waals surface area contributed by atoms with E-state index in [1.54, 1.807) is 0 Å². The van der Waals surface area contributed by atoms with E-state index in [-0.39, 0.29) is 51.7 Å². The van der Waals surface area contributed by atoms with Crippen molar-refractivity contribution in [1.82, 2.24) is 0 Å². The van der Waals surface area contributed by atoms with Gasteiger partial charge in [0.15, 0.2) is 0 Å². The maximum atomic E-state index is 8.74. The van der Waals surface area contributed by atoms with Crippen molar-refractivity contribution in [2.24, 2.45) is 0 Å². The molecule has 0 atom stereocenters. The van der Waals surface area contributed by atoms with E-state index >= 15 is 0 Å². The van der Waals surface area contributed by atoms with Crippen LogP contribution in [0.25, 0.3) is 0 Å². The van der Waals surface area contributed by atoms with Crippen LogP contribution in [-0.4, -0.2) is 66.4 Å². The van der Waals surface area contributed by atoms with Gasteiger partial charge in [-0.15, -0.1) is 0 Å². The molecule has 0 aliphatic rings. The van der Waals surface area contributed by atoms with E-state index in [0.717, 1.165) is 0 Å².